The summed E-state index contributed by atoms with van der Waals surface area (Å²) in [6.07, 6.45) is -3.86. The van der Waals surface area contributed by atoms with Crippen LogP contribution in [0, 0.1) is 6.43 Å². The molecule has 3 heteroatoms. The number of rotatable bonds is 1. The fraction of sp³-hybridized carbons (Fsp3) is 0.667. The number of halogens is 2. The Kier molecular flexibility index (Phi) is 2.01. The first-order valence-corrected chi connectivity index (χ1v) is 1.48. The SMILES string of the molecule is CC([O])[C](F)F. The molecule has 0 aliphatic rings. The van der Waals surface area contributed by atoms with Crippen molar-refractivity contribution in [1.82, 2.24) is 0 Å². The maximum absolute atomic E-state index is 10.8. The van der Waals surface area contributed by atoms with Gasteiger partial charge in [-0.2, -0.15) is 8.78 Å². The summed E-state index contributed by atoms with van der Waals surface area (Å²) < 4.78 is 21.5. The molecule has 0 spiro atoms. The van der Waals surface area contributed by atoms with E-state index in [-0.39, 0.29) is 0 Å². The van der Waals surface area contributed by atoms with Crippen molar-refractivity contribution >= 4 is 0 Å². The topological polar surface area (TPSA) is 19.9 Å². The molecule has 0 aliphatic heterocycles. The molecular weight excluding hydrogens is 90.0 g/mol. The van der Waals surface area contributed by atoms with Crippen LogP contribution in [0.15, 0.2) is 0 Å². The summed E-state index contributed by atoms with van der Waals surface area (Å²) >= 11 is 0. The predicted octanol–water partition coefficient (Wildman–Crippen LogP) is 1.23. The zero-order chi connectivity index (χ0) is 5.15. The summed E-state index contributed by atoms with van der Waals surface area (Å²) in [7, 11) is 0. The van der Waals surface area contributed by atoms with Crippen molar-refractivity contribution in [2.75, 3.05) is 0 Å². The maximum atomic E-state index is 10.8. The molecule has 0 saturated carbocycles. The third-order valence-corrected chi connectivity index (χ3v) is 0.307. The van der Waals surface area contributed by atoms with Crippen molar-refractivity contribution in [3.05, 3.63) is 6.43 Å². The second-order valence-electron chi connectivity index (χ2n) is 0.932. The van der Waals surface area contributed by atoms with E-state index >= 15 is 0 Å². The number of hydrogen-bond donors (Lipinski definition) is 0. The van der Waals surface area contributed by atoms with Gasteiger partial charge in [0.1, 0.15) is 0 Å². The molecule has 0 heterocycles. The Balaban J connectivity index is 2.99. The first kappa shape index (κ1) is 5.82. The molecule has 36 valence electrons. The van der Waals surface area contributed by atoms with Gasteiger partial charge in [0.15, 0.2) is 6.10 Å². The average molecular weight is 94.1 g/mol. The Morgan fingerprint density at radius 3 is 1.83 bits per heavy atom. The highest BCUT2D eigenvalue weighted by atomic mass is 19.3. The van der Waals surface area contributed by atoms with Crippen molar-refractivity contribution in [3.8, 4) is 0 Å². The van der Waals surface area contributed by atoms with Crippen LogP contribution in [0.5, 0.6) is 0 Å². The molecule has 1 unspecified atom stereocenters. The second-order valence-corrected chi connectivity index (χ2v) is 0.932. The van der Waals surface area contributed by atoms with E-state index in [1.54, 1.807) is 0 Å². The molecule has 0 bridgehead atoms. The molecule has 1 atom stereocenters. The summed E-state index contributed by atoms with van der Waals surface area (Å²) in [4.78, 5) is 0. The molecule has 0 aromatic heterocycles. The lowest BCUT2D eigenvalue weighted by molar-refractivity contribution is 0.0378. The summed E-state index contributed by atoms with van der Waals surface area (Å²) in [5, 5.41) is 9.44. The molecule has 0 aromatic rings. The molecule has 0 N–H and O–H groups in total. The summed E-state index contributed by atoms with van der Waals surface area (Å²) in [6, 6.07) is 0. The van der Waals surface area contributed by atoms with Crippen LogP contribution in [0.3, 0.4) is 0 Å². The smallest absolute Gasteiger partial charge is 0.227 e. The van der Waals surface area contributed by atoms with Crippen LogP contribution in [-0.2, 0) is 5.11 Å². The maximum Gasteiger partial charge on any atom is 0.341 e. The monoisotopic (exact) mass is 94.0 g/mol. The first-order valence-electron chi connectivity index (χ1n) is 1.48. The third kappa shape index (κ3) is 2.08. The standard InChI is InChI=1S/C3H4F2O/c1-2(6)3(4)5/h2H,1H3. The van der Waals surface area contributed by atoms with E-state index in [1.807, 2.05) is 0 Å². The van der Waals surface area contributed by atoms with E-state index in [2.05, 4.69) is 0 Å². The molecule has 0 saturated heterocycles. The van der Waals surface area contributed by atoms with Gasteiger partial charge in [-0.15, -0.1) is 0 Å². The predicted molar refractivity (Wildman–Crippen MR) is 15.6 cm³/mol. The fourth-order valence-electron chi connectivity index (χ4n) is 0. The van der Waals surface area contributed by atoms with Crippen LogP contribution in [0.1, 0.15) is 6.92 Å². The van der Waals surface area contributed by atoms with Crippen LogP contribution in [-0.4, -0.2) is 6.10 Å². The first-order chi connectivity index (χ1) is 2.64. The van der Waals surface area contributed by atoms with Crippen LogP contribution < -0.4 is 0 Å². The van der Waals surface area contributed by atoms with Gasteiger partial charge in [-0.1, -0.05) is 0 Å². The fourth-order valence-corrected chi connectivity index (χ4v) is 0. The van der Waals surface area contributed by atoms with Crippen LogP contribution in [0.25, 0.3) is 0 Å². The normalized spacial score (nSPS) is 15.5. The van der Waals surface area contributed by atoms with E-state index in [0.717, 1.165) is 6.92 Å². The summed E-state index contributed by atoms with van der Waals surface area (Å²) in [6.45, 7) is 0.898. The highest BCUT2D eigenvalue weighted by molar-refractivity contribution is 4.65. The lowest BCUT2D eigenvalue weighted by atomic mass is 10.4. The van der Waals surface area contributed by atoms with E-state index < -0.39 is 12.5 Å². The van der Waals surface area contributed by atoms with Crippen molar-refractivity contribution in [1.29, 1.82) is 0 Å². The van der Waals surface area contributed by atoms with Crippen molar-refractivity contribution in [2.45, 2.75) is 13.0 Å². The zero-order valence-electron chi connectivity index (χ0n) is 3.24. The lowest BCUT2D eigenvalue weighted by Gasteiger charge is -1.90. The average Bonchev–Trinajstić information content (AvgIpc) is 1.36. The summed E-state index contributed by atoms with van der Waals surface area (Å²) in [5.74, 6) is 0. The molecule has 0 aliphatic carbocycles. The Morgan fingerprint density at radius 2 is 1.83 bits per heavy atom. The number of hydrogen-bond acceptors (Lipinski definition) is 0. The Hall–Kier alpha value is -0.180. The highest BCUT2D eigenvalue weighted by Crippen LogP contribution is 2.07. The third-order valence-electron chi connectivity index (χ3n) is 0.307. The van der Waals surface area contributed by atoms with Crippen LogP contribution in [0.4, 0.5) is 8.78 Å². The van der Waals surface area contributed by atoms with E-state index in [0.29, 0.717) is 0 Å². The minimum atomic E-state index is -2.05. The quantitative estimate of drug-likeness (QED) is 0.465. The molecule has 0 fully saturated rings. The van der Waals surface area contributed by atoms with Gasteiger partial charge in [0.2, 0.25) is 0 Å². The minimum absolute atomic E-state index is 0.898. The zero-order valence-corrected chi connectivity index (χ0v) is 3.24. The van der Waals surface area contributed by atoms with Gasteiger partial charge >= 0.3 is 6.43 Å². The van der Waals surface area contributed by atoms with Crippen LogP contribution in [0.2, 0.25) is 0 Å². The van der Waals surface area contributed by atoms with Gasteiger partial charge in [0.05, 0.1) is 0 Å². The molecule has 1 nitrogen and oxygen atoms in total. The minimum Gasteiger partial charge on any atom is -0.227 e. The van der Waals surface area contributed by atoms with Crippen LogP contribution >= 0.6 is 0 Å². The van der Waals surface area contributed by atoms with Gasteiger partial charge in [0.25, 0.3) is 0 Å². The van der Waals surface area contributed by atoms with Gasteiger partial charge in [0, 0.05) is 0 Å². The molecule has 0 aromatic carbocycles. The molecule has 0 amide bonds. The second kappa shape index (κ2) is 2.08. The molecular formula is C3H4F2O. The highest BCUT2D eigenvalue weighted by Gasteiger charge is 2.13. The van der Waals surface area contributed by atoms with Crippen molar-refractivity contribution in [2.24, 2.45) is 0 Å². The van der Waals surface area contributed by atoms with E-state index in [1.165, 1.54) is 0 Å². The van der Waals surface area contributed by atoms with Crippen molar-refractivity contribution < 1.29 is 13.9 Å². The summed E-state index contributed by atoms with van der Waals surface area (Å²) in [5.41, 5.74) is 0. The van der Waals surface area contributed by atoms with Crippen molar-refractivity contribution in [3.63, 3.8) is 0 Å². The Labute approximate surface area is 34.6 Å². The molecule has 0 rings (SSSR count). The lowest BCUT2D eigenvalue weighted by Crippen LogP contribution is -2.00. The molecule has 2 radical (unpaired) electrons. The van der Waals surface area contributed by atoms with Gasteiger partial charge in [-0.25, -0.2) is 5.11 Å². The molecule has 6 heavy (non-hydrogen) atoms. The van der Waals surface area contributed by atoms with Gasteiger partial charge < -0.3 is 0 Å². The Bertz CT molecular complexity index is 29.8. The van der Waals surface area contributed by atoms with Gasteiger partial charge in [-0.05, 0) is 6.92 Å². The Morgan fingerprint density at radius 1 is 1.67 bits per heavy atom. The van der Waals surface area contributed by atoms with E-state index in [9.17, 15) is 13.9 Å². The largest absolute Gasteiger partial charge is 0.341 e. The van der Waals surface area contributed by atoms with E-state index in [4.69, 9.17) is 0 Å². The van der Waals surface area contributed by atoms with Gasteiger partial charge in [-0.3, -0.25) is 0 Å².